The number of hydrogen-bond donors (Lipinski definition) is 0. The molecule has 3 heteroatoms. The Hall–Kier alpha value is -2.18. The predicted molar refractivity (Wildman–Crippen MR) is 122 cm³/mol. The van der Waals surface area contributed by atoms with Crippen molar-refractivity contribution in [1.29, 1.82) is 5.26 Å². The summed E-state index contributed by atoms with van der Waals surface area (Å²) < 4.78 is 14.8. The molecule has 0 aromatic heterocycles. The van der Waals surface area contributed by atoms with Crippen LogP contribution in [-0.2, 0) is 11.8 Å². The second-order valence-corrected chi connectivity index (χ2v) is 8.73. The van der Waals surface area contributed by atoms with E-state index in [9.17, 15) is 9.65 Å². The van der Waals surface area contributed by atoms with Crippen molar-refractivity contribution in [3.63, 3.8) is 0 Å². The standard InChI is InChI=1S/C27H35FN2/c1-2-19-30(21-17-23-11-4-3-5-12-23)20-10-18-27(22-29,24-13-6-7-14-24)25-15-8-9-16-26(25)28/h3-5,8-9,11-12,15-16,24H,2,6-7,10,13-14,17-21H2,1H3. The minimum absolute atomic E-state index is 0.222. The lowest BCUT2D eigenvalue weighted by Crippen LogP contribution is -2.35. The normalized spacial score (nSPS) is 16.5. The van der Waals surface area contributed by atoms with Crippen LogP contribution < -0.4 is 0 Å². The lowest BCUT2D eigenvalue weighted by atomic mass is 9.67. The van der Waals surface area contributed by atoms with Crippen molar-refractivity contribution in [2.75, 3.05) is 19.6 Å². The van der Waals surface area contributed by atoms with Crippen molar-refractivity contribution in [3.8, 4) is 6.07 Å². The van der Waals surface area contributed by atoms with E-state index >= 15 is 0 Å². The van der Waals surface area contributed by atoms with Gasteiger partial charge in [-0.05, 0) is 69.2 Å². The summed E-state index contributed by atoms with van der Waals surface area (Å²) in [5.74, 6) is 0.0452. The molecule has 1 fully saturated rings. The molecule has 0 amide bonds. The van der Waals surface area contributed by atoms with E-state index in [1.807, 2.05) is 12.1 Å². The van der Waals surface area contributed by atoms with Crippen LogP contribution in [0.4, 0.5) is 4.39 Å². The summed E-state index contributed by atoms with van der Waals surface area (Å²) in [5, 5.41) is 10.3. The molecule has 0 spiro atoms. The van der Waals surface area contributed by atoms with Crippen LogP contribution in [0.3, 0.4) is 0 Å². The van der Waals surface area contributed by atoms with E-state index in [0.717, 1.165) is 71.0 Å². The summed E-state index contributed by atoms with van der Waals surface area (Å²) in [6.07, 6.45) is 8.20. The number of rotatable bonds is 11. The van der Waals surface area contributed by atoms with Crippen molar-refractivity contribution in [2.24, 2.45) is 5.92 Å². The van der Waals surface area contributed by atoms with Crippen molar-refractivity contribution in [2.45, 2.75) is 63.7 Å². The molecule has 0 saturated heterocycles. The fourth-order valence-electron chi connectivity index (χ4n) is 5.17. The van der Waals surface area contributed by atoms with Gasteiger partial charge in [0.05, 0.1) is 11.5 Å². The fourth-order valence-corrected chi connectivity index (χ4v) is 5.17. The van der Waals surface area contributed by atoms with Gasteiger partial charge < -0.3 is 4.90 Å². The first-order valence-electron chi connectivity index (χ1n) is 11.6. The van der Waals surface area contributed by atoms with Gasteiger partial charge in [-0.1, -0.05) is 68.3 Å². The lowest BCUT2D eigenvalue weighted by Gasteiger charge is -2.34. The first kappa shape index (κ1) is 22.5. The maximum atomic E-state index is 14.8. The van der Waals surface area contributed by atoms with Gasteiger partial charge in [-0.15, -0.1) is 0 Å². The second kappa shape index (κ2) is 11.3. The third-order valence-corrected chi connectivity index (χ3v) is 6.75. The molecule has 0 heterocycles. The van der Waals surface area contributed by atoms with Gasteiger partial charge in [-0.3, -0.25) is 0 Å². The SMILES string of the molecule is CCCN(CCCC(C#N)(c1ccccc1F)C1CCCC1)CCc1ccccc1. The molecule has 1 atom stereocenters. The zero-order valence-electron chi connectivity index (χ0n) is 18.3. The Balaban J connectivity index is 1.68. The van der Waals surface area contributed by atoms with E-state index in [0.29, 0.717) is 5.56 Å². The Morgan fingerprint density at radius 3 is 2.37 bits per heavy atom. The number of halogens is 1. The Kier molecular flexibility index (Phi) is 8.46. The molecule has 160 valence electrons. The molecular formula is C27H35FN2. The molecule has 1 saturated carbocycles. The van der Waals surface area contributed by atoms with Crippen LogP contribution in [0.2, 0.25) is 0 Å². The molecule has 2 aromatic carbocycles. The summed E-state index contributed by atoms with van der Waals surface area (Å²) in [6.45, 7) is 5.27. The summed E-state index contributed by atoms with van der Waals surface area (Å²) in [5.41, 5.74) is 1.28. The zero-order valence-corrected chi connectivity index (χ0v) is 18.3. The van der Waals surface area contributed by atoms with Crippen LogP contribution in [0.5, 0.6) is 0 Å². The third kappa shape index (κ3) is 5.49. The highest BCUT2D eigenvalue weighted by Gasteiger charge is 2.43. The highest BCUT2D eigenvalue weighted by Crippen LogP contribution is 2.45. The van der Waals surface area contributed by atoms with Gasteiger partial charge in [-0.2, -0.15) is 5.26 Å². The zero-order chi connectivity index (χ0) is 21.2. The van der Waals surface area contributed by atoms with E-state index in [2.05, 4.69) is 48.2 Å². The lowest BCUT2D eigenvalue weighted by molar-refractivity contribution is 0.244. The van der Waals surface area contributed by atoms with Crippen molar-refractivity contribution >= 4 is 0 Å². The maximum Gasteiger partial charge on any atom is 0.128 e. The maximum absolute atomic E-state index is 14.8. The smallest absolute Gasteiger partial charge is 0.128 e. The topological polar surface area (TPSA) is 27.0 Å². The van der Waals surface area contributed by atoms with Crippen LogP contribution in [0.25, 0.3) is 0 Å². The molecule has 1 aliphatic rings. The van der Waals surface area contributed by atoms with Gasteiger partial charge >= 0.3 is 0 Å². The number of hydrogen-bond acceptors (Lipinski definition) is 2. The first-order chi connectivity index (χ1) is 14.7. The second-order valence-electron chi connectivity index (χ2n) is 8.73. The molecule has 0 aliphatic heterocycles. The van der Waals surface area contributed by atoms with Crippen molar-refractivity contribution < 1.29 is 4.39 Å². The molecule has 2 nitrogen and oxygen atoms in total. The molecule has 30 heavy (non-hydrogen) atoms. The quantitative estimate of drug-likeness (QED) is 0.425. The molecule has 0 radical (unpaired) electrons. The van der Waals surface area contributed by atoms with Crippen LogP contribution in [0.1, 0.15) is 63.0 Å². The summed E-state index contributed by atoms with van der Waals surface area (Å²) >= 11 is 0. The van der Waals surface area contributed by atoms with Crippen LogP contribution in [0.15, 0.2) is 54.6 Å². The largest absolute Gasteiger partial charge is 0.303 e. The summed E-state index contributed by atoms with van der Waals surface area (Å²) in [7, 11) is 0. The van der Waals surface area contributed by atoms with Crippen LogP contribution in [0, 0.1) is 23.1 Å². The minimum Gasteiger partial charge on any atom is -0.303 e. The molecule has 0 N–H and O–H groups in total. The van der Waals surface area contributed by atoms with Gasteiger partial charge in [0.2, 0.25) is 0 Å². The molecule has 2 aromatic rings. The Morgan fingerprint density at radius 2 is 1.70 bits per heavy atom. The molecular weight excluding hydrogens is 371 g/mol. The van der Waals surface area contributed by atoms with Gasteiger partial charge in [0.15, 0.2) is 0 Å². The van der Waals surface area contributed by atoms with E-state index in [1.165, 1.54) is 11.6 Å². The highest BCUT2D eigenvalue weighted by atomic mass is 19.1. The minimum atomic E-state index is -0.695. The molecule has 1 aliphatic carbocycles. The van der Waals surface area contributed by atoms with Crippen molar-refractivity contribution in [3.05, 3.63) is 71.5 Å². The van der Waals surface area contributed by atoms with E-state index < -0.39 is 5.41 Å². The van der Waals surface area contributed by atoms with Crippen LogP contribution >= 0.6 is 0 Å². The van der Waals surface area contributed by atoms with Gasteiger partial charge in [0, 0.05) is 12.1 Å². The molecule has 3 rings (SSSR count). The third-order valence-electron chi connectivity index (χ3n) is 6.75. The molecule has 1 unspecified atom stereocenters. The van der Waals surface area contributed by atoms with Gasteiger partial charge in [0.1, 0.15) is 5.82 Å². The van der Waals surface area contributed by atoms with Gasteiger partial charge in [-0.25, -0.2) is 4.39 Å². The Morgan fingerprint density at radius 1 is 1.00 bits per heavy atom. The predicted octanol–water partition coefficient (Wildman–Crippen LogP) is 6.51. The first-order valence-corrected chi connectivity index (χ1v) is 11.6. The Labute approximate surface area is 181 Å². The fraction of sp³-hybridized carbons (Fsp3) is 0.519. The average molecular weight is 407 g/mol. The van der Waals surface area contributed by atoms with Crippen LogP contribution in [-0.4, -0.2) is 24.5 Å². The number of nitriles is 1. The van der Waals surface area contributed by atoms with E-state index in [4.69, 9.17) is 0 Å². The van der Waals surface area contributed by atoms with Crippen molar-refractivity contribution in [1.82, 2.24) is 4.90 Å². The van der Waals surface area contributed by atoms with E-state index in [1.54, 1.807) is 6.07 Å². The summed E-state index contributed by atoms with van der Waals surface area (Å²) in [4.78, 5) is 2.51. The molecule has 0 bridgehead atoms. The average Bonchev–Trinajstić information content (AvgIpc) is 3.32. The Bertz CT molecular complexity index is 807. The van der Waals surface area contributed by atoms with E-state index in [-0.39, 0.29) is 11.7 Å². The summed E-state index contributed by atoms with van der Waals surface area (Å²) in [6, 6.07) is 20.2. The van der Waals surface area contributed by atoms with Gasteiger partial charge in [0.25, 0.3) is 0 Å². The number of benzene rings is 2. The number of nitrogens with zero attached hydrogens (tertiary/aromatic N) is 2. The highest BCUT2D eigenvalue weighted by molar-refractivity contribution is 5.35. The monoisotopic (exact) mass is 406 g/mol.